The highest BCUT2D eigenvalue weighted by atomic mass is 35.5. The molecule has 7 atom stereocenters. The van der Waals surface area contributed by atoms with Crippen LogP contribution in [0.1, 0.15) is 50.3 Å². The predicted molar refractivity (Wildman–Crippen MR) is 150 cm³/mol. The van der Waals surface area contributed by atoms with Gasteiger partial charge in [0, 0.05) is 55.5 Å². The van der Waals surface area contributed by atoms with Crippen molar-refractivity contribution >= 4 is 17.6 Å². The predicted octanol–water partition coefficient (Wildman–Crippen LogP) is 5.33. The summed E-state index contributed by atoms with van der Waals surface area (Å²) < 4.78 is 5.92. The molecule has 202 valence electrons. The van der Waals surface area contributed by atoms with Gasteiger partial charge in [0.15, 0.2) is 0 Å². The van der Waals surface area contributed by atoms with Gasteiger partial charge in [0.1, 0.15) is 6.10 Å². The quantitative estimate of drug-likeness (QED) is 0.415. The Morgan fingerprint density at radius 3 is 2.45 bits per heavy atom. The lowest BCUT2D eigenvalue weighted by atomic mass is 9.55. The number of carbonyl (C=O) groups excluding carboxylic acids is 1. The third-order valence-corrected chi connectivity index (χ3v) is 10.4. The Hall–Kier alpha value is -2.18. The molecular formula is C32H39ClN2O3. The summed E-state index contributed by atoms with van der Waals surface area (Å²) in [6.45, 7) is 8.70. The monoisotopic (exact) mass is 534 g/mol. The molecule has 38 heavy (non-hydrogen) atoms. The number of hydrogen-bond acceptors (Lipinski definition) is 5. The van der Waals surface area contributed by atoms with Gasteiger partial charge in [-0.05, 0) is 42.0 Å². The molecule has 2 saturated heterocycles. The minimum absolute atomic E-state index is 0.125. The van der Waals surface area contributed by atoms with Crippen molar-refractivity contribution in [2.24, 2.45) is 23.2 Å². The Bertz CT molecular complexity index is 1180. The second-order valence-corrected chi connectivity index (χ2v) is 12.4. The molecule has 2 aliphatic carbocycles. The molecule has 2 aromatic carbocycles. The minimum Gasteiger partial charge on any atom is -0.461 e. The molecular weight excluding hydrogens is 496 g/mol. The number of benzene rings is 2. The average molecular weight is 535 g/mol. The zero-order valence-electron chi connectivity index (χ0n) is 22.4. The fourth-order valence-corrected chi connectivity index (χ4v) is 7.78. The zero-order chi connectivity index (χ0) is 26.4. The van der Waals surface area contributed by atoms with Gasteiger partial charge in [-0.3, -0.25) is 14.6 Å². The molecule has 0 unspecified atom stereocenters. The van der Waals surface area contributed by atoms with Crippen molar-refractivity contribution in [3.8, 4) is 0 Å². The van der Waals surface area contributed by atoms with Gasteiger partial charge in [0.05, 0.1) is 18.1 Å². The number of ether oxygens (including phenoxy) is 1. The number of fused-ring (bicyclic) bond motifs is 2. The van der Waals surface area contributed by atoms with Crippen LogP contribution in [0.25, 0.3) is 0 Å². The van der Waals surface area contributed by atoms with E-state index in [1.54, 1.807) is 0 Å². The Morgan fingerprint density at radius 1 is 1.05 bits per heavy atom. The molecule has 1 saturated carbocycles. The lowest BCUT2D eigenvalue weighted by Crippen LogP contribution is -2.55. The first-order valence-corrected chi connectivity index (χ1v) is 14.6. The lowest BCUT2D eigenvalue weighted by Gasteiger charge is -2.52. The summed E-state index contributed by atoms with van der Waals surface area (Å²) in [4.78, 5) is 18.1. The second kappa shape index (κ2) is 10.4. The number of aliphatic hydroxyl groups is 1. The molecule has 6 rings (SSSR count). The van der Waals surface area contributed by atoms with Crippen molar-refractivity contribution in [1.29, 1.82) is 0 Å². The number of hydrogen-bond donors (Lipinski definition) is 1. The zero-order valence-corrected chi connectivity index (χ0v) is 23.2. The van der Waals surface area contributed by atoms with Crippen LogP contribution in [0, 0.1) is 23.2 Å². The van der Waals surface area contributed by atoms with E-state index in [9.17, 15) is 9.90 Å². The highest BCUT2D eigenvalue weighted by Crippen LogP contribution is 2.56. The maximum atomic E-state index is 13.1. The van der Waals surface area contributed by atoms with Gasteiger partial charge in [-0.15, -0.1) is 0 Å². The van der Waals surface area contributed by atoms with Gasteiger partial charge in [0.25, 0.3) is 0 Å². The van der Waals surface area contributed by atoms with Crippen LogP contribution in [0.4, 0.5) is 0 Å². The van der Waals surface area contributed by atoms with E-state index < -0.39 is 6.10 Å². The van der Waals surface area contributed by atoms with Crippen LogP contribution in [0.5, 0.6) is 0 Å². The first-order valence-electron chi connectivity index (χ1n) is 14.2. The standard InChI is InChI=1S/C32H39ClN2O3/c1-21-7-6-10-24-19-27-28(30(36)32(21,24)2)26(31(37)38-27)20-34-15-17-35(18-16-34)29(22-8-4-3-5-9-22)23-11-13-25(33)14-12-23/h3-5,8-14,21,26-30,36H,6-7,15-20H2,1-2H3/t21-,26-,27-,28+,29-,30+,32-/m1/s1. The van der Waals surface area contributed by atoms with Crippen molar-refractivity contribution in [2.75, 3.05) is 32.7 Å². The van der Waals surface area contributed by atoms with E-state index in [1.165, 1.54) is 16.7 Å². The van der Waals surface area contributed by atoms with E-state index in [2.05, 4.69) is 72.2 Å². The van der Waals surface area contributed by atoms with Gasteiger partial charge >= 0.3 is 5.97 Å². The van der Waals surface area contributed by atoms with Crippen LogP contribution in [0.3, 0.4) is 0 Å². The first kappa shape index (κ1) is 26.1. The summed E-state index contributed by atoms with van der Waals surface area (Å²) >= 11 is 6.19. The number of piperazine rings is 1. The van der Waals surface area contributed by atoms with Crippen LogP contribution >= 0.6 is 11.6 Å². The van der Waals surface area contributed by atoms with Crippen molar-refractivity contribution in [3.05, 3.63) is 82.4 Å². The van der Waals surface area contributed by atoms with E-state index in [0.29, 0.717) is 12.5 Å². The molecule has 4 aliphatic rings. The van der Waals surface area contributed by atoms with Crippen molar-refractivity contribution in [1.82, 2.24) is 9.80 Å². The SMILES string of the molecule is C[C@@H]1CCC=C2C[C@H]3OC(=O)[C@H](CN4CCN([C@H](c5ccccc5)c5ccc(Cl)cc5)CC4)[C@@H]3[C@H](O)[C@@]21C. The molecule has 0 radical (unpaired) electrons. The minimum atomic E-state index is -0.548. The summed E-state index contributed by atoms with van der Waals surface area (Å²) in [6, 6.07) is 19.0. The second-order valence-electron chi connectivity index (χ2n) is 12.0. The van der Waals surface area contributed by atoms with Crippen LogP contribution in [0.2, 0.25) is 5.02 Å². The summed E-state index contributed by atoms with van der Waals surface area (Å²) in [5, 5.41) is 12.4. The molecule has 2 heterocycles. The van der Waals surface area contributed by atoms with Crippen LogP contribution in [0.15, 0.2) is 66.2 Å². The topological polar surface area (TPSA) is 53.0 Å². The van der Waals surface area contributed by atoms with E-state index in [0.717, 1.165) is 50.5 Å². The van der Waals surface area contributed by atoms with Crippen molar-refractivity contribution < 1.29 is 14.6 Å². The van der Waals surface area contributed by atoms with Gasteiger partial charge < -0.3 is 9.84 Å². The highest BCUT2D eigenvalue weighted by molar-refractivity contribution is 6.30. The third-order valence-electron chi connectivity index (χ3n) is 10.1. The fourth-order valence-electron chi connectivity index (χ4n) is 7.65. The molecule has 1 N–H and O–H groups in total. The molecule has 5 nitrogen and oxygen atoms in total. The van der Waals surface area contributed by atoms with Crippen molar-refractivity contribution in [3.63, 3.8) is 0 Å². The summed E-state index contributed by atoms with van der Waals surface area (Å²) in [7, 11) is 0. The van der Waals surface area contributed by atoms with Crippen LogP contribution in [-0.4, -0.2) is 65.8 Å². The van der Waals surface area contributed by atoms with Crippen molar-refractivity contribution in [2.45, 2.75) is 51.4 Å². The van der Waals surface area contributed by atoms with Gasteiger partial charge in [0.2, 0.25) is 0 Å². The Balaban J connectivity index is 1.16. The molecule has 0 bridgehead atoms. The maximum absolute atomic E-state index is 13.1. The fraction of sp³-hybridized carbons (Fsp3) is 0.531. The van der Waals surface area contributed by atoms with E-state index in [-0.39, 0.29) is 35.4 Å². The first-order chi connectivity index (χ1) is 18.4. The largest absolute Gasteiger partial charge is 0.461 e. The Kier molecular flexibility index (Phi) is 7.15. The molecule has 3 fully saturated rings. The Morgan fingerprint density at radius 2 is 1.74 bits per heavy atom. The number of allylic oxidation sites excluding steroid dienone is 1. The highest BCUT2D eigenvalue weighted by Gasteiger charge is 2.59. The van der Waals surface area contributed by atoms with E-state index >= 15 is 0 Å². The summed E-state index contributed by atoms with van der Waals surface area (Å²) in [6.07, 6.45) is 4.47. The number of halogens is 1. The molecule has 0 amide bonds. The van der Waals surface area contributed by atoms with Crippen LogP contribution < -0.4 is 0 Å². The van der Waals surface area contributed by atoms with E-state index in [1.807, 2.05) is 12.1 Å². The normalized spacial score (nSPS) is 34.7. The Labute approximate surface area is 231 Å². The van der Waals surface area contributed by atoms with Gasteiger partial charge in [-0.1, -0.05) is 79.6 Å². The molecule has 0 spiro atoms. The number of esters is 1. The smallest absolute Gasteiger partial charge is 0.311 e. The number of nitrogens with zero attached hydrogens (tertiary/aromatic N) is 2. The molecule has 2 aromatic rings. The third kappa shape index (κ3) is 4.52. The molecule has 2 aliphatic heterocycles. The number of aliphatic hydroxyl groups excluding tert-OH is 1. The van der Waals surface area contributed by atoms with Crippen LogP contribution in [-0.2, 0) is 9.53 Å². The summed E-state index contributed by atoms with van der Waals surface area (Å²) in [5.41, 5.74) is 3.54. The number of carbonyl (C=O) groups is 1. The summed E-state index contributed by atoms with van der Waals surface area (Å²) in [5.74, 6) is -0.119. The molecule has 0 aromatic heterocycles. The average Bonchev–Trinajstić information content (AvgIpc) is 3.23. The maximum Gasteiger partial charge on any atom is 0.311 e. The van der Waals surface area contributed by atoms with E-state index in [4.69, 9.17) is 16.3 Å². The number of rotatable bonds is 5. The lowest BCUT2D eigenvalue weighted by molar-refractivity contribution is -0.145. The van der Waals surface area contributed by atoms with Gasteiger partial charge in [-0.25, -0.2) is 0 Å². The molecule has 6 heteroatoms. The van der Waals surface area contributed by atoms with Gasteiger partial charge in [-0.2, -0.15) is 0 Å².